The molecule has 4 unspecified atom stereocenters. The van der Waals surface area contributed by atoms with Gasteiger partial charge in [0, 0.05) is 24.6 Å². The van der Waals surface area contributed by atoms with Crippen LogP contribution in [0.15, 0.2) is 29.0 Å². The maximum Gasteiger partial charge on any atom is 0.255 e. The molecule has 1 aliphatic heterocycles. The van der Waals surface area contributed by atoms with Crippen LogP contribution >= 0.6 is 0 Å². The second-order valence-corrected chi connectivity index (χ2v) is 10.8. The predicted molar refractivity (Wildman–Crippen MR) is 130 cm³/mol. The summed E-state index contributed by atoms with van der Waals surface area (Å²) in [6, 6.07) is 2.30. The van der Waals surface area contributed by atoms with Crippen molar-refractivity contribution in [2.75, 3.05) is 26.3 Å². The standard InChI is InChI=1S/C27H30N2O8/c28-26(35)20-23(32)21(29-6-8-37-9-7-29)16-11-13-10-15-14(12-2-1-3-12)4-5-17(30)19(15)22(31)18(13)24(33)27(16,36)25(20)34/h4-5,12-13,16,21,30-31,34,36H,1-3,6-11H2,(H2,28,35). The Kier molecular flexibility index (Phi) is 5.48. The van der Waals surface area contributed by atoms with Crippen LogP contribution in [0.5, 0.6) is 5.75 Å². The molecule has 6 N–H and O–H groups in total. The van der Waals surface area contributed by atoms with Crippen molar-refractivity contribution < 1.29 is 39.5 Å². The number of phenolic OH excluding ortho intramolecular Hbond substituents is 1. The van der Waals surface area contributed by atoms with Crippen molar-refractivity contribution in [3.63, 3.8) is 0 Å². The number of aliphatic hydroxyl groups is 3. The number of nitrogens with two attached hydrogens (primary N) is 1. The first-order valence-electron chi connectivity index (χ1n) is 12.8. The molecule has 1 heterocycles. The molecule has 0 aromatic heterocycles. The monoisotopic (exact) mass is 510 g/mol. The van der Waals surface area contributed by atoms with Crippen molar-refractivity contribution in [1.29, 1.82) is 0 Å². The Morgan fingerprint density at radius 3 is 2.41 bits per heavy atom. The van der Waals surface area contributed by atoms with Crippen molar-refractivity contribution >= 4 is 23.2 Å². The zero-order chi connectivity index (χ0) is 26.2. The summed E-state index contributed by atoms with van der Waals surface area (Å²) in [4.78, 5) is 41.5. The minimum absolute atomic E-state index is 0.102. The molecule has 3 fully saturated rings. The van der Waals surface area contributed by atoms with Crippen LogP contribution in [0.1, 0.15) is 48.3 Å². The molecule has 0 radical (unpaired) electrons. The van der Waals surface area contributed by atoms with E-state index >= 15 is 0 Å². The number of phenols is 1. The van der Waals surface area contributed by atoms with Crippen LogP contribution in [0.3, 0.4) is 0 Å². The normalized spacial score (nSPS) is 32.5. The zero-order valence-corrected chi connectivity index (χ0v) is 20.3. The lowest BCUT2D eigenvalue weighted by atomic mass is 9.57. The summed E-state index contributed by atoms with van der Waals surface area (Å²) in [5.41, 5.74) is 3.87. The average molecular weight is 511 g/mol. The maximum atomic E-state index is 14.0. The van der Waals surface area contributed by atoms with Gasteiger partial charge in [-0.1, -0.05) is 12.5 Å². The van der Waals surface area contributed by atoms with Gasteiger partial charge < -0.3 is 30.9 Å². The third-order valence-electron chi connectivity index (χ3n) is 9.07. The van der Waals surface area contributed by atoms with Crippen molar-refractivity contribution in [3.8, 4) is 5.75 Å². The number of aromatic hydroxyl groups is 1. The minimum Gasteiger partial charge on any atom is -0.508 e. The SMILES string of the molecule is NC(=O)C1=C(O)C2(O)C(=O)C3=C(O)c4c(O)ccc(C5CCC5)c4CC3CC2C(N2CCOCC2)C1=O. The highest BCUT2D eigenvalue weighted by Gasteiger charge is 2.64. The molecule has 10 heteroatoms. The van der Waals surface area contributed by atoms with Gasteiger partial charge in [0.25, 0.3) is 5.91 Å². The van der Waals surface area contributed by atoms with Gasteiger partial charge >= 0.3 is 0 Å². The van der Waals surface area contributed by atoms with Crippen molar-refractivity contribution in [1.82, 2.24) is 4.90 Å². The lowest BCUT2D eigenvalue weighted by Gasteiger charge is -2.51. The molecule has 10 nitrogen and oxygen atoms in total. The largest absolute Gasteiger partial charge is 0.508 e. The van der Waals surface area contributed by atoms with Gasteiger partial charge in [0.1, 0.15) is 22.8 Å². The smallest absolute Gasteiger partial charge is 0.255 e. The highest BCUT2D eigenvalue weighted by Crippen LogP contribution is 2.54. The fourth-order valence-corrected chi connectivity index (χ4v) is 7.05. The molecule has 0 spiro atoms. The Hall–Kier alpha value is -3.21. The zero-order valence-electron chi connectivity index (χ0n) is 20.3. The predicted octanol–water partition coefficient (Wildman–Crippen LogP) is 1.00. The van der Waals surface area contributed by atoms with Crippen molar-refractivity contribution in [2.45, 2.75) is 49.7 Å². The van der Waals surface area contributed by atoms with Crippen LogP contribution in [-0.2, 0) is 25.5 Å². The number of aliphatic hydroxyl groups excluding tert-OH is 2. The molecule has 1 aromatic carbocycles. The number of nitrogens with zero attached hydrogens (tertiary/aromatic N) is 1. The number of rotatable bonds is 3. The van der Waals surface area contributed by atoms with Gasteiger partial charge in [0.2, 0.25) is 5.78 Å². The first-order chi connectivity index (χ1) is 17.7. The second kappa shape index (κ2) is 8.41. The number of amides is 1. The van der Waals surface area contributed by atoms with E-state index in [1.54, 1.807) is 4.90 Å². The van der Waals surface area contributed by atoms with E-state index in [4.69, 9.17) is 10.5 Å². The average Bonchev–Trinajstić information content (AvgIpc) is 2.82. The highest BCUT2D eigenvalue weighted by atomic mass is 16.5. The van der Waals surface area contributed by atoms with E-state index < -0.39 is 58.0 Å². The maximum absolute atomic E-state index is 14.0. The molecular weight excluding hydrogens is 480 g/mol. The molecule has 37 heavy (non-hydrogen) atoms. The second-order valence-electron chi connectivity index (χ2n) is 10.8. The lowest BCUT2D eigenvalue weighted by Crippen LogP contribution is -2.67. The molecule has 4 atom stereocenters. The van der Waals surface area contributed by atoms with Crippen LogP contribution in [0.4, 0.5) is 0 Å². The number of carbonyl (C=O) groups excluding carboxylic acids is 3. The summed E-state index contributed by atoms with van der Waals surface area (Å²) < 4.78 is 5.41. The van der Waals surface area contributed by atoms with E-state index in [-0.39, 0.29) is 23.3 Å². The topological polar surface area (TPSA) is 171 Å². The van der Waals surface area contributed by atoms with Gasteiger partial charge in [0.15, 0.2) is 11.4 Å². The number of carbonyl (C=O) groups is 3. The molecule has 2 saturated carbocycles. The number of ether oxygens (including phenoxy) is 1. The van der Waals surface area contributed by atoms with Gasteiger partial charge in [-0.2, -0.15) is 0 Å². The number of Topliss-reactive ketones (excluding diaryl/α,β-unsaturated/α-hetero) is 2. The van der Waals surface area contributed by atoms with Crippen LogP contribution in [0, 0.1) is 11.8 Å². The van der Waals surface area contributed by atoms with E-state index in [1.165, 1.54) is 6.07 Å². The number of ketones is 2. The quantitative estimate of drug-likeness (QED) is 0.372. The Morgan fingerprint density at radius 1 is 1.08 bits per heavy atom. The van der Waals surface area contributed by atoms with E-state index in [2.05, 4.69) is 0 Å². The number of fused-ring (bicyclic) bond motifs is 3. The summed E-state index contributed by atoms with van der Waals surface area (Å²) in [6.45, 7) is 1.34. The Morgan fingerprint density at radius 2 is 1.78 bits per heavy atom. The molecule has 5 aliphatic rings. The van der Waals surface area contributed by atoms with Gasteiger partial charge in [-0.15, -0.1) is 0 Å². The molecule has 1 aromatic rings. The molecule has 6 rings (SSSR count). The molecule has 1 amide bonds. The first kappa shape index (κ1) is 24.1. The van der Waals surface area contributed by atoms with E-state index in [1.807, 2.05) is 6.07 Å². The number of hydrogen-bond donors (Lipinski definition) is 5. The van der Waals surface area contributed by atoms with Gasteiger partial charge in [0.05, 0.1) is 24.8 Å². The number of hydrogen-bond acceptors (Lipinski definition) is 9. The fourth-order valence-electron chi connectivity index (χ4n) is 7.05. The Bertz CT molecular complexity index is 1290. The molecule has 196 valence electrons. The van der Waals surface area contributed by atoms with Crippen molar-refractivity contribution in [3.05, 3.63) is 45.7 Å². The summed E-state index contributed by atoms with van der Waals surface area (Å²) in [7, 11) is 0. The Labute approximate surface area is 213 Å². The van der Waals surface area contributed by atoms with Gasteiger partial charge in [-0.05, 0) is 54.7 Å². The number of morpholine rings is 1. The van der Waals surface area contributed by atoms with Crippen LogP contribution in [-0.4, -0.2) is 80.7 Å². The van der Waals surface area contributed by atoms with Gasteiger partial charge in [-0.25, -0.2) is 0 Å². The molecule has 0 bridgehead atoms. The van der Waals surface area contributed by atoms with E-state index in [9.17, 15) is 34.8 Å². The summed E-state index contributed by atoms with van der Waals surface area (Å²) >= 11 is 0. The van der Waals surface area contributed by atoms with Crippen molar-refractivity contribution in [2.24, 2.45) is 17.6 Å². The lowest BCUT2D eigenvalue weighted by molar-refractivity contribution is -0.157. The van der Waals surface area contributed by atoms with Crippen LogP contribution < -0.4 is 5.73 Å². The third-order valence-corrected chi connectivity index (χ3v) is 9.07. The Balaban J connectivity index is 1.53. The third kappa shape index (κ3) is 3.25. The molecule has 1 saturated heterocycles. The number of benzene rings is 1. The minimum atomic E-state index is -2.63. The fraction of sp³-hybridized carbons (Fsp3) is 0.519. The van der Waals surface area contributed by atoms with Gasteiger partial charge in [-0.3, -0.25) is 19.3 Å². The summed E-state index contributed by atoms with van der Waals surface area (Å²) in [5, 5.41) is 44.9. The van der Waals surface area contributed by atoms with E-state index in [0.29, 0.717) is 38.6 Å². The van der Waals surface area contributed by atoms with E-state index in [0.717, 1.165) is 30.4 Å². The summed E-state index contributed by atoms with van der Waals surface area (Å²) in [5.74, 6) is -5.93. The summed E-state index contributed by atoms with van der Waals surface area (Å²) in [6.07, 6.45) is 3.54. The van der Waals surface area contributed by atoms with Crippen LogP contribution in [0.25, 0.3) is 5.76 Å². The number of primary amides is 1. The molecular formula is C27H30N2O8. The highest BCUT2D eigenvalue weighted by molar-refractivity contribution is 6.24. The van der Waals surface area contributed by atoms with Crippen LogP contribution in [0.2, 0.25) is 0 Å². The first-order valence-corrected chi connectivity index (χ1v) is 12.8. The molecule has 4 aliphatic carbocycles.